The average molecular weight is 339 g/mol. The number of rotatable bonds is 3. The first-order valence-corrected chi connectivity index (χ1v) is 7.05. The maximum atomic E-state index is 12.1. The number of primary amides is 1. The monoisotopic (exact) mass is 338 g/mol. The number of hydrogen-bond donors (Lipinski definition) is 2. The lowest BCUT2D eigenvalue weighted by atomic mass is 10.2. The summed E-state index contributed by atoms with van der Waals surface area (Å²) in [5.74, 6) is -0.820. The molecule has 6 heteroatoms. The molecule has 0 aliphatic rings. The van der Waals surface area contributed by atoms with E-state index in [9.17, 15) is 9.59 Å². The SMILES string of the molecule is Cc1cc(C(N)=O)c(NC(=O)c2cccc(Br)c2)s1. The van der Waals surface area contributed by atoms with Gasteiger partial charge in [0.15, 0.2) is 0 Å². The zero-order valence-electron chi connectivity index (χ0n) is 10.1. The molecule has 1 aromatic heterocycles. The van der Waals surface area contributed by atoms with Crippen LogP contribution in [0, 0.1) is 6.92 Å². The summed E-state index contributed by atoms with van der Waals surface area (Å²) < 4.78 is 0.817. The van der Waals surface area contributed by atoms with Crippen molar-refractivity contribution in [2.75, 3.05) is 5.32 Å². The average Bonchev–Trinajstić information content (AvgIpc) is 2.70. The number of carbonyl (C=O) groups excluding carboxylic acids is 2. The number of aryl methyl sites for hydroxylation is 1. The van der Waals surface area contributed by atoms with Crippen LogP contribution in [0.3, 0.4) is 0 Å². The molecule has 2 aromatic rings. The molecule has 0 saturated carbocycles. The summed E-state index contributed by atoms with van der Waals surface area (Å²) in [4.78, 5) is 24.3. The zero-order valence-corrected chi connectivity index (χ0v) is 12.5. The Kier molecular flexibility index (Phi) is 4.01. The minimum absolute atomic E-state index is 0.273. The molecular formula is C13H11BrN2O2S. The molecule has 2 rings (SSSR count). The molecule has 0 aliphatic heterocycles. The number of hydrogen-bond acceptors (Lipinski definition) is 3. The molecular weight excluding hydrogens is 328 g/mol. The van der Waals surface area contributed by atoms with E-state index in [1.54, 1.807) is 24.3 Å². The van der Waals surface area contributed by atoms with Crippen LogP contribution >= 0.6 is 27.3 Å². The summed E-state index contributed by atoms with van der Waals surface area (Å²) in [6.07, 6.45) is 0. The number of nitrogens with two attached hydrogens (primary N) is 1. The fourth-order valence-corrected chi connectivity index (χ4v) is 2.91. The Morgan fingerprint density at radius 3 is 2.68 bits per heavy atom. The molecule has 1 aromatic carbocycles. The lowest BCUT2D eigenvalue weighted by Crippen LogP contribution is -2.16. The Morgan fingerprint density at radius 2 is 2.05 bits per heavy atom. The molecule has 2 amide bonds. The fourth-order valence-electron chi connectivity index (χ4n) is 1.60. The van der Waals surface area contributed by atoms with E-state index in [-0.39, 0.29) is 5.91 Å². The summed E-state index contributed by atoms with van der Waals surface area (Å²) in [5, 5.41) is 3.20. The second-order valence-electron chi connectivity index (χ2n) is 3.93. The third-order valence-electron chi connectivity index (χ3n) is 2.43. The van der Waals surface area contributed by atoms with E-state index < -0.39 is 5.91 Å². The Labute approximate surface area is 122 Å². The van der Waals surface area contributed by atoms with Gasteiger partial charge in [-0.3, -0.25) is 9.59 Å². The zero-order chi connectivity index (χ0) is 14.0. The van der Waals surface area contributed by atoms with Crippen molar-refractivity contribution >= 4 is 44.1 Å². The molecule has 0 aliphatic carbocycles. The molecule has 0 bridgehead atoms. The predicted molar refractivity (Wildman–Crippen MR) is 79.7 cm³/mol. The third kappa shape index (κ3) is 3.21. The summed E-state index contributed by atoms with van der Waals surface area (Å²) in [6, 6.07) is 8.68. The Balaban J connectivity index is 2.26. The molecule has 19 heavy (non-hydrogen) atoms. The van der Waals surface area contributed by atoms with Gasteiger partial charge in [-0.1, -0.05) is 22.0 Å². The lowest BCUT2D eigenvalue weighted by molar-refractivity contribution is 0.100. The van der Waals surface area contributed by atoms with Gasteiger partial charge in [-0.15, -0.1) is 11.3 Å². The first-order valence-electron chi connectivity index (χ1n) is 5.44. The number of carbonyl (C=O) groups is 2. The van der Waals surface area contributed by atoms with Crippen molar-refractivity contribution in [1.82, 2.24) is 0 Å². The second kappa shape index (κ2) is 5.54. The normalized spacial score (nSPS) is 10.2. The van der Waals surface area contributed by atoms with Gasteiger partial charge in [0, 0.05) is 14.9 Å². The van der Waals surface area contributed by atoms with Crippen molar-refractivity contribution in [2.24, 2.45) is 5.73 Å². The van der Waals surface area contributed by atoms with Crippen molar-refractivity contribution in [3.8, 4) is 0 Å². The maximum absolute atomic E-state index is 12.1. The second-order valence-corrected chi connectivity index (χ2v) is 6.10. The van der Waals surface area contributed by atoms with E-state index in [0.29, 0.717) is 16.1 Å². The van der Waals surface area contributed by atoms with Gasteiger partial charge >= 0.3 is 0 Å². The highest BCUT2D eigenvalue weighted by Crippen LogP contribution is 2.27. The van der Waals surface area contributed by atoms with Gasteiger partial charge in [-0.2, -0.15) is 0 Å². The van der Waals surface area contributed by atoms with Gasteiger partial charge in [-0.25, -0.2) is 0 Å². The molecule has 1 heterocycles. The summed E-state index contributed by atoms with van der Waals surface area (Å²) in [5.41, 5.74) is 6.12. The number of amides is 2. The molecule has 0 fully saturated rings. The number of anilines is 1. The minimum atomic E-state index is -0.547. The number of benzene rings is 1. The summed E-state index contributed by atoms with van der Waals surface area (Å²) in [6.45, 7) is 1.85. The largest absolute Gasteiger partial charge is 0.366 e. The van der Waals surface area contributed by atoms with Gasteiger partial charge in [0.1, 0.15) is 5.00 Å². The highest BCUT2D eigenvalue weighted by atomic mass is 79.9. The van der Waals surface area contributed by atoms with Crippen LogP contribution in [0.4, 0.5) is 5.00 Å². The molecule has 0 spiro atoms. The summed E-state index contributed by atoms with van der Waals surface area (Å²) >= 11 is 4.63. The van der Waals surface area contributed by atoms with Crippen LogP contribution in [-0.4, -0.2) is 11.8 Å². The minimum Gasteiger partial charge on any atom is -0.366 e. The van der Waals surface area contributed by atoms with Crippen LogP contribution in [0.2, 0.25) is 0 Å². The van der Waals surface area contributed by atoms with Crippen molar-refractivity contribution in [1.29, 1.82) is 0 Å². The lowest BCUT2D eigenvalue weighted by Gasteiger charge is -2.04. The number of halogens is 1. The number of thiophene rings is 1. The van der Waals surface area contributed by atoms with Crippen LogP contribution < -0.4 is 11.1 Å². The van der Waals surface area contributed by atoms with E-state index >= 15 is 0 Å². The summed E-state index contributed by atoms with van der Waals surface area (Å²) in [7, 11) is 0. The van der Waals surface area contributed by atoms with Crippen molar-refractivity contribution in [3.05, 3.63) is 50.8 Å². The van der Waals surface area contributed by atoms with Crippen molar-refractivity contribution < 1.29 is 9.59 Å². The van der Waals surface area contributed by atoms with Gasteiger partial charge in [-0.05, 0) is 31.2 Å². The topological polar surface area (TPSA) is 72.2 Å². The smallest absolute Gasteiger partial charge is 0.256 e. The molecule has 98 valence electrons. The van der Waals surface area contributed by atoms with Crippen molar-refractivity contribution in [3.63, 3.8) is 0 Å². The van der Waals surface area contributed by atoms with Crippen LogP contribution in [0.1, 0.15) is 25.6 Å². The van der Waals surface area contributed by atoms with Crippen LogP contribution in [0.5, 0.6) is 0 Å². The van der Waals surface area contributed by atoms with Gasteiger partial charge < -0.3 is 11.1 Å². The van der Waals surface area contributed by atoms with Crippen molar-refractivity contribution in [2.45, 2.75) is 6.92 Å². The highest BCUT2D eigenvalue weighted by molar-refractivity contribution is 9.10. The predicted octanol–water partition coefficient (Wildman–Crippen LogP) is 3.17. The Hall–Kier alpha value is -1.66. The fraction of sp³-hybridized carbons (Fsp3) is 0.0769. The molecule has 0 radical (unpaired) electrons. The Morgan fingerprint density at radius 1 is 1.32 bits per heavy atom. The van der Waals surface area contributed by atoms with E-state index in [2.05, 4.69) is 21.2 Å². The van der Waals surface area contributed by atoms with Gasteiger partial charge in [0.2, 0.25) is 0 Å². The van der Waals surface area contributed by atoms with Crippen LogP contribution in [-0.2, 0) is 0 Å². The van der Waals surface area contributed by atoms with E-state index in [1.807, 2.05) is 13.0 Å². The first kappa shape index (κ1) is 13.8. The maximum Gasteiger partial charge on any atom is 0.256 e. The quantitative estimate of drug-likeness (QED) is 0.902. The van der Waals surface area contributed by atoms with E-state index in [1.165, 1.54) is 11.3 Å². The molecule has 0 unspecified atom stereocenters. The van der Waals surface area contributed by atoms with Gasteiger partial charge in [0.05, 0.1) is 5.56 Å². The highest BCUT2D eigenvalue weighted by Gasteiger charge is 2.15. The van der Waals surface area contributed by atoms with Gasteiger partial charge in [0.25, 0.3) is 11.8 Å². The number of nitrogens with one attached hydrogen (secondary N) is 1. The molecule has 0 saturated heterocycles. The van der Waals surface area contributed by atoms with Crippen LogP contribution in [0.15, 0.2) is 34.8 Å². The molecule has 0 atom stereocenters. The molecule has 3 N–H and O–H groups in total. The van der Waals surface area contributed by atoms with E-state index in [0.717, 1.165) is 9.35 Å². The van der Waals surface area contributed by atoms with Crippen LogP contribution in [0.25, 0.3) is 0 Å². The Bertz CT molecular complexity index is 652. The molecule has 4 nitrogen and oxygen atoms in total. The van der Waals surface area contributed by atoms with E-state index in [4.69, 9.17) is 5.73 Å². The third-order valence-corrected chi connectivity index (χ3v) is 3.89. The standard InChI is InChI=1S/C13H11BrN2O2S/c1-7-5-10(11(15)17)13(19-7)16-12(18)8-3-2-4-9(14)6-8/h2-6H,1H3,(H2,15,17)(H,16,18). The first-order chi connectivity index (χ1) is 8.97.